The summed E-state index contributed by atoms with van der Waals surface area (Å²) in [4.78, 5) is 0. The number of hydrogen-bond acceptors (Lipinski definition) is 1. The molecular weight excluding hydrogens is 242 g/mol. The number of anilines is 1. The molecule has 0 saturated heterocycles. The Morgan fingerprint density at radius 2 is 1.75 bits per heavy atom. The van der Waals surface area contributed by atoms with Crippen LogP contribution in [0, 0.1) is 5.41 Å². The predicted molar refractivity (Wildman–Crippen MR) is 85.1 cm³/mol. The van der Waals surface area contributed by atoms with E-state index in [1.807, 2.05) is 0 Å². The zero-order chi connectivity index (χ0) is 13.7. The number of fused-ring (bicyclic) bond motifs is 3. The van der Waals surface area contributed by atoms with Crippen LogP contribution in [0.4, 0.5) is 5.69 Å². The van der Waals surface area contributed by atoms with Gasteiger partial charge in [-0.2, -0.15) is 0 Å². The van der Waals surface area contributed by atoms with Crippen LogP contribution in [0.15, 0.2) is 42.5 Å². The summed E-state index contributed by atoms with van der Waals surface area (Å²) in [7, 11) is 0. The third-order valence-electron chi connectivity index (χ3n) is 5.26. The normalized spacial score (nSPS) is 19.1. The molecule has 1 nitrogen and oxygen atoms in total. The number of nitrogens with one attached hydrogen (secondary N) is 1. The molecule has 0 bridgehead atoms. The van der Waals surface area contributed by atoms with Gasteiger partial charge in [0.05, 0.1) is 0 Å². The minimum absolute atomic E-state index is 0.516. The lowest BCUT2D eigenvalue weighted by Gasteiger charge is -2.22. The van der Waals surface area contributed by atoms with Gasteiger partial charge in [-0.1, -0.05) is 37.3 Å². The lowest BCUT2D eigenvalue weighted by atomic mass is 10.00. The van der Waals surface area contributed by atoms with Gasteiger partial charge in [0.2, 0.25) is 0 Å². The van der Waals surface area contributed by atoms with Crippen molar-refractivity contribution in [2.75, 3.05) is 5.32 Å². The summed E-state index contributed by atoms with van der Waals surface area (Å²) < 4.78 is 0. The van der Waals surface area contributed by atoms with Crippen molar-refractivity contribution in [1.29, 1.82) is 0 Å². The zero-order valence-corrected chi connectivity index (χ0v) is 12.2. The Bertz CT molecular complexity index is 667. The molecule has 4 rings (SSSR count). The second kappa shape index (κ2) is 4.12. The molecule has 102 valence electrons. The van der Waals surface area contributed by atoms with Gasteiger partial charge < -0.3 is 5.32 Å². The van der Waals surface area contributed by atoms with Crippen LogP contribution in [0.3, 0.4) is 0 Å². The Morgan fingerprint density at radius 3 is 2.55 bits per heavy atom. The first-order chi connectivity index (χ1) is 9.66. The number of benzene rings is 2. The van der Waals surface area contributed by atoms with E-state index in [-0.39, 0.29) is 0 Å². The minimum Gasteiger partial charge on any atom is -0.382 e. The molecule has 1 atom stereocenters. The Morgan fingerprint density at radius 1 is 1.00 bits per heavy atom. The summed E-state index contributed by atoms with van der Waals surface area (Å²) in [6.07, 6.45) is 3.79. The Hall–Kier alpha value is -1.76. The highest BCUT2D eigenvalue weighted by Gasteiger charge is 2.42. The molecular formula is C19H21N. The van der Waals surface area contributed by atoms with Crippen LogP contribution in [0.2, 0.25) is 0 Å². The summed E-state index contributed by atoms with van der Waals surface area (Å²) in [6, 6.07) is 16.2. The Kier molecular flexibility index (Phi) is 2.47. The second-order valence-electron chi connectivity index (χ2n) is 6.73. The Labute approximate surface area is 121 Å². The van der Waals surface area contributed by atoms with E-state index in [0.29, 0.717) is 11.5 Å². The summed E-state index contributed by atoms with van der Waals surface area (Å²) in [5, 5.41) is 3.70. The first kappa shape index (κ1) is 12.0. The van der Waals surface area contributed by atoms with E-state index < -0.39 is 0 Å². The van der Waals surface area contributed by atoms with Crippen molar-refractivity contribution in [3.8, 4) is 11.1 Å². The van der Waals surface area contributed by atoms with Crippen molar-refractivity contribution in [2.24, 2.45) is 5.41 Å². The van der Waals surface area contributed by atoms with E-state index in [2.05, 4.69) is 61.6 Å². The fourth-order valence-electron chi connectivity index (χ4n) is 3.29. The van der Waals surface area contributed by atoms with Crippen LogP contribution in [0.5, 0.6) is 0 Å². The quantitative estimate of drug-likeness (QED) is 0.711. The van der Waals surface area contributed by atoms with Gasteiger partial charge in [-0.25, -0.2) is 0 Å². The predicted octanol–water partition coefficient (Wildman–Crippen LogP) is 4.86. The van der Waals surface area contributed by atoms with Gasteiger partial charge in [-0.15, -0.1) is 0 Å². The monoisotopic (exact) mass is 263 g/mol. The largest absolute Gasteiger partial charge is 0.382 e. The van der Waals surface area contributed by atoms with Gasteiger partial charge in [-0.3, -0.25) is 0 Å². The molecule has 0 aromatic heterocycles. The molecule has 0 heterocycles. The maximum atomic E-state index is 3.70. The molecule has 1 fully saturated rings. The molecule has 1 saturated carbocycles. The minimum atomic E-state index is 0.516. The molecule has 2 aliphatic rings. The smallest absolute Gasteiger partial charge is 0.0345 e. The van der Waals surface area contributed by atoms with Crippen molar-refractivity contribution in [1.82, 2.24) is 0 Å². The number of hydrogen-bond donors (Lipinski definition) is 1. The van der Waals surface area contributed by atoms with Crippen molar-refractivity contribution in [3.05, 3.63) is 53.6 Å². The van der Waals surface area contributed by atoms with Gasteiger partial charge in [0, 0.05) is 11.7 Å². The topological polar surface area (TPSA) is 12.0 Å². The average Bonchev–Trinajstić information content (AvgIpc) is 3.10. The third kappa shape index (κ3) is 1.84. The highest BCUT2D eigenvalue weighted by Crippen LogP contribution is 2.49. The molecule has 2 aromatic rings. The second-order valence-corrected chi connectivity index (χ2v) is 6.73. The molecule has 1 N–H and O–H groups in total. The van der Waals surface area contributed by atoms with Gasteiger partial charge in [-0.05, 0) is 66.0 Å². The molecule has 0 radical (unpaired) electrons. The van der Waals surface area contributed by atoms with Crippen LogP contribution < -0.4 is 5.32 Å². The summed E-state index contributed by atoms with van der Waals surface area (Å²) in [5.74, 6) is 0. The molecule has 1 heteroatoms. The summed E-state index contributed by atoms with van der Waals surface area (Å²) in [5.41, 5.74) is 7.54. The summed E-state index contributed by atoms with van der Waals surface area (Å²) >= 11 is 0. The molecule has 2 aromatic carbocycles. The van der Waals surface area contributed by atoms with Crippen LogP contribution in [0.1, 0.15) is 37.8 Å². The van der Waals surface area contributed by atoms with Gasteiger partial charge in [0.1, 0.15) is 0 Å². The fraction of sp³-hybridized carbons (Fsp3) is 0.368. The van der Waals surface area contributed by atoms with Crippen molar-refractivity contribution < 1.29 is 0 Å². The first-order valence-electron chi connectivity index (χ1n) is 7.63. The maximum absolute atomic E-state index is 3.70. The van der Waals surface area contributed by atoms with E-state index in [0.717, 1.165) is 6.42 Å². The van der Waals surface area contributed by atoms with E-state index >= 15 is 0 Å². The molecule has 0 aliphatic heterocycles. The van der Waals surface area contributed by atoms with Crippen LogP contribution >= 0.6 is 0 Å². The van der Waals surface area contributed by atoms with E-state index in [1.165, 1.54) is 40.8 Å². The Balaban J connectivity index is 1.62. The SMILES string of the molecule is CC(Nc1ccc2c(c1)Cc1ccccc1-2)C1(C)CC1. The van der Waals surface area contributed by atoms with Gasteiger partial charge >= 0.3 is 0 Å². The van der Waals surface area contributed by atoms with Crippen LogP contribution in [-0.2, 0) is 6.42 Å². The van der Waals surface area contributed by atoms with Gasteiger partial charge in [0.25, 0.3) is 0 Å². The lowest BCUT2D eigenvalue weighted by molar-refractivity contribution is 0.493. The lowest BCUT2D eigenvalue weighted by Crippen LogP contribution is -2.24. The van der Waals surface area contributed by atoms with Crippen LogP contribution in [0.25, 0.3) is 11.1 Å². The van der Waals surface area contributed by atoms with E-state index in [4.69, 9.17) is 0 Å². The highest BCUT2D eigenvalue weighted by molar-refractivity contribution is 5.78. The third-order valence-corrected chi connectivity index (χ3v) is 5.26. The van der Waals surface area contributed by atoms with E-state index in [9.17, 15) is 0 Å². The molecule has 2 aliphatic carbocycles. The van der Waals surface area contributed by atoms with Crippen molar-refractivity contribution in [2.45, 2.75) is 39.2 Å². The summed E-state index contributed by atoms with van der Waals surface area (Å²) in [6.45, 7) is 4.70. The van der Waals surface area contributed by atoms with Gasteiger partial charge in [0.15, 0.2) is 0 Å². The van der Waals surface area contributed by atoms with E-state index in [1.54, 1.807) is 0 Å². The molecule has 20 heavy (non-hydrogen) atoms. The first-order valence-corrected chi connectivity index (χ1v) is 7.63. The van der Waals surface area contributed by atoms with Crippen molar-refractivity contribution in [3.63, 3.8) is 0 Å². The highest BCUT2D eigenvalue weighted by atomic mass is 14.9. The maximum Gasteiger partial charge on any atom is 0.0345 e. The zero-order valence-electron chi connectivity index (χ0n) is 12.2. The average molecular weight is 263 g/mol. The molecule has 0 spiro atoms. The standard InChI is InChI=1S/C19H21N/c1-13(19(2)9-10-19)20-16-7-8-18-15(12-16)11-14-5-3-4-6-17(14)18/h3-8,12-13,20H,9-11H2,1-2H3. The fourth-order valence-corrected chi connectivity index (χ4v) is 3.29. The van der Waals surface area contributed by atoms with Crippen LogP contribution in [-0.4, -0.2) is 6.04 Å². The molecule has 0 amide bonds. The van der Waals surface area contributed by atoms with Crippen molar-refractivity contribution >= 4 is 5.69 Å². The molecule has 1 unspecified atom stereocenters. The number of rotatable bonds is 3.